The number of nitrogens with zero attached hydrogens (tertiary/aromatic N) is 6. The largest absolute Gasteiger partial charge is 0.493 e. The normalized spacial score (nSPS) is 13.6. The summed E-state index contributed by atoms with van der Waals surface area (Å²) >= 11 is 0. The summed E-state index contributed by atoms with van der Waals surface area (Å²) in [6.07, 6.45) is 5.94. The van der Waals surface area contributed by atoms with E-state index in [1.165, 1.54) is 0 Å². The SMILES string of the molecule is COc1cc(Cc2ccc3ncc(N4CCOCC4)nc3c2C#N)ccc1OCc1nccn1C. The summed E-state index contributed by atoms with van der Waals surface area (Å²) < 4.78 is 18.9. The Morgan fingerprint density at radius 1 is 1.11 bits per heavy atom. The number of hydrogen-bond donors (Lipinski definition) is 0. The molecule has 2 aromatic heterocycles. The van der Waals surface area contributed by atoms with Crippen LogP contribution < -0.4 is 14.4 Å². The fourth-order valence-corrected chi connectivity index (χ4v) is 4.17. The van der Waals surface area contributed by atoms with Crippen molar-refractivity contribution in [2.24, 2.45) is 7.05 Å². The second-order valence-corrected chi connectivity index (χ2v) is 8.31. The van der Waals surface area contributed by atoms with Crippen molar-refractivity contribution in [3.8, 4) is 17.6 Å². The van der Waals surface area contributed by atoms with Gasteiger partial charge in [0.2, 0.25) is 0 Å². The van der Waals surface area contributed by atoms with Gasteiger partial charge in [-0.1, -0.05) is 12.1 Å². The lowest BCUT2D eigenvalue weighted by atomic mass is 9.98. The molecule has 0 unspecified atom stereocenters. The van der Waals surface area contributed by atoms with E-state index in [9.17, 15) is 5.26 Å². The third kappa shape index (κ3) is 4.74. The Kier molecular flexibility index (Phi) is 6.46. The van der Waals surface area contributed by atoms with Crippen LogP contribution in [-0.4, -0.2) is 52.9 Å². The summed E-state index contributed by atoms with van der Waals surface area (Å²) in [6, 6.07) is 12.0. The molecule has 4 aromatic rings. The van der Waals surface area contributed by atoms with Crippen LogP contribution in [0.5, 0.6) is 11.5 Å². The molecule has 3 heterocycles. The minimum absolute atomic E-state index is 0.340. The highest BCUT2D eigenvalue weighted by molar-refractivity contribution is 5.83. The van der Waals surface area contributed by atoms with E-state index >= 15 is 0 Å². The number of imidazole rings is 1. The van der Waals surface area contributed by atoms with E-state index in [1.807, 2.05) is 48.1 Å². The molecular weight excluding hydrogens is 444 g/mol. The molecule has 1 aliphatic rings. The second kappa shape index (κ2) is 9.99. The van der Waals surface area contributed by atoms with Gasteiger partial charge in [0.15, 0.2) is 11.5 Å². The fraction of sp³-hybridized carbons (Fsp3) is 0.308. The predicted octanol–water partition coefficient (Wildman–Crippen LogP) is 3.25. The summed E-state index contributed by atoms with van der Waals surface area (Å²) in [4.78, 5) is 15.8. The number of rotatable bonds is 7. The number of aromatic nitrogens is 4. The molecule has 35 heavy (non-hydrogen) atoms. The van der Waals surface area contributed by atoms with Crippen LogP contribution in [0.3, 0.4) is 0 Å². The summed E-state index contributed by atoms with van der Waals surface area (Å²) in [5, 5.41) is 10.0. The number of morpholine rings is 1. The van der Waals surface area contributed by atoms with Gasteiger partial charge < -0.3 is 23.7 Å². The van der Waals surface area contributed by atoms with Gasteiger partial charge in [-0.05, 0) is 35.7 Å². The number of hydrogen-bond acceptors (Lipinski definition) is 8. The van der Waals surface area contributed by atoms with Crippen molar-refractivity contribution in [2.45, 2.75) is 13.0 Å². The molecule has 1 aliphatic heterocycles. The Balaban J connectivity index is 1.41. The lowest BCUT2D eigenvalue weighted by molar-refractivity contribution is 0.122. The highest BCUT2D eigenvalue weighted by atomic mass is 16.5. The Hall–Kier alpha value is -4.16. The molecule has 0 spiro atoms. The molecule has 9 nitrogen and oxygen atoms in total. The number of anilines is 1. The first-order chi connectivity index (χ1) is 17.2. The number of aryl methyl sites for hydroxylation is 1. The molecule has 0 atom stereocenters. The topological polar surface area (TPSA) is 98.3 Å². The molecule has 0 N–H and O–H groups in total. The van der Waals surface area contributed by atoms with Crippen LogP contribution in [0.4, 0.5) is 5.82 Å². The summed E-state index contributed by atoms with van der Waals surface area (Å²) in [5.41, 5.74) is 3.75. The monoisotopic (exact) mass is 470 g/mol. The van der Waals surface area contributed by atoms with Crippen LogP contribution >= 0.6 is 0 Å². The van der Waals surface area contributed by atoms with E-state index in [0.717, 1.165) is 35.9 Å². The average molecular weight is 471 g/mol. The zero-order valence-electron chi connectivity index (χ0n) is 19.8. The number of benzene rings is 2. The Bertz CT molecular complexity index is 1390. The third-order valence-electron chi connectivity index (χ3n) is 6.14. The molecule has 0 aliphatic carbocycles. The van der Waals surface area contributed by atoms with E-state index < -0.39 is 0 Å². The molecule has 0 saturated carbocycles. The van der Waals surface area contributed by atoms with E-state index in [0.29, 0.717) is 54.3 Å². The maximum atomic E-state index is 10.0. The summed E-state index contributed by atoms with van der Waals surface area (Å²) in [7, 11) is 3.54. The highest BCUT2D eigenvalue weighted by Gasteiger charge is 2.17. The zero-order valence-corrected chi connectivity index (χ0v) is 19.8. The zero-order chi connectivity index (χ0) is 24.2. The highest BCUT2D eigenvalue weighted by Crippen LogP contribution is 2.31. The molecule has 1 fully saturated rings. The molecule has 1 saturated heterocycles. The Morgan fingerprint density at radius 3 is 2.71 bits per heavy atom. The van der Waals surface area contributed by atoms with Crippen molar-refractivity contribution in [1.29, 1.82) is 5.26 Å². The molecule has 0 amide bonds. The predicted molar refractivity (Wildman–Crippen MR) is 131 cm³/mol. The minimum atomic E-state index is 0.340. The molecule has 0 radical (unpaired) electrons. The van der Waals surface area contributed by atoms with Gasteiger partial charge in [0, 0.05) is 32.5 Å². The maximum absolute atomic E-state index is 10.0. The van der Waals surface area contributed by atoms with Gasteiger partial charge in [0.05, 0.1) is 37.6 Å². The van der Waals surface area contributed by atoms with Crippen molar-refractivity contribution in [2.75, 3.05) is 38.3 Å². The van der Waals surface area contributed by atoms with Crippen molar-refractivity contribution >= 4 is 16.9 Å². The first kappa shape index (κ1) is 22.6. The van der Waals surface area contributed by atoms with Crippen LogP contribution in [0, 0.1) is 11.3 Å². The standard InChI is InChI=1S/C26H26N6O3/c1-31-8-7-28-25(31)17-35-22-6-3-18(14-23(22)33-2)13-19-4-5-21-26(20(19)15-27)30-24(16-29-21)32-9-11-34-12-10-32/h3-8,14,16H,9-13,17H2,1-2H3. The maximum Gasteiger partial charge on any atom is 0.161 e. The van der Waals surface area contributed by atoms with Gasteiger partial charge >= 0.3 is 0 Å². The summed E-state index contributed by atoms with van der Waals surface area (Å²) in [6.45, 7) is 3.18. The van der Waals surface area contributed by atoms with Gasteiger partial charge in [-0.15, -0.1) is 0 Å². The molecule has 178 valence electrons. The van der Waals surface area contributed by atoms with Gasteiger partial charge in [0.25, 0.3) is 0 Å². The minimum Gasteiger partial charge on any atom is -0.493 e. The first-order valence-corrected chi connectivity index (χ1v) is 11.4. The van der Waals surface area contributed by atoms with Gasteiger partial charge in [-0.25, -0.2) is 9.97 Å². The molecular formula is C26H26N6O3. The number of ether oxygens (including phenoxy) is 3. The molecule has 9 heteroatoms. The number of nitriles is 1. The van der Waals surface area contributed by atoms with Crippen LogP contribution in [0.2, 0.25) is 0 Å². The van der Waals surface area contributed by atoms with Gasteiger partial charge in [0.1, 0.15) is 29.8 Å². The van der Waals surface area contributed by atoms with E-state index in [-0.39, 0.29) is 0 Å². The van der Waals surface area contributed by atoms with Gasteiger partial charge in [-0.2, -0.15) is 5.26 Å². The van der Waals surface area contributed by atoms with Crippen LogP contribution in [0.15, 0.2) is 48.9 Å². The molecule has 2 aromatic carbocycles. The third-order valence-corrected chi connectivity index (χ3v) is 6.14. The second-order valence-electron chi connectivity index (χ2n) is 8.31. The van der Waals surface area contributed by atoms with Crippen molar-refractivity contribution in [3.63, 3.8) is 0 Å². The van der Waals surface area contributed by atoms with Crippen LogP contribution in [0.25, 0.3) is 11.0 Å². The van der Waals surface area contributed by atoms with Crippen LogP contribution in [-0.2, 0) is 24.8 Å². The smallest absolute Gasteiger partial charge is 0.161 e. The van der Waals surface area contributed by atoms with E-state index in [1.54, 1.807) is 19.5 Å². The van der Waals surface area contributed by atoms with E-state index in [2.05, 4.69) is 20.9 Å². The van der Waals surface area contributed by atoms with Crippen molar-refractivity contribution in [1.82, 2.24) is 19.5 Å². The lowest BCUT2D eigenvalue weighted by Crippen LogP contribution is -2.36. The fourth-order valence-electron chi connectivity index (χ4n) is 4.17. The van der Waals surface area contributed by atoms with E-state index in [4.69, 9.17) is 19.2 Å². The average Bonchev–Trinajstić information content (AvgIpc) is 3.32. The van der Waals surface area contributed by atoms with Crippen molar-refractivity contribution < 1.29 is 14.2 Å². The Labute approximate surface area is 203 Å². The summed E-state index contributed by atoms with van der Waals surface area (Å²) in [5.74, 6) is 2.86. The quantitative estimate of drug-likeness (QED) is 0.406. The first-order valence-electron chi connectivity index (χ1n) is 11.4. The Morgan fingerprint density at radius 2 is 1.97 bits per heavy atom. The lowest BCUT2D eigenvalue weighted by Gasteiger charge is -2.27. The molecule has 0 bridgehead atoms. The number of fused-ring (bicyclic) bond motifs is 1. The molecule has 5 rings (SSSR count). The van der Waals surface area contributed by atoms with Crippen molar-refractivity contribution in [3.05, 3.63) is 71.4 Å². The van der Waals surface area contributed by atoms with Crippen LogP contribution in [0.1, 0.15) is 22.5 Å². The number of methoxy groups -OCH3 is 1. The van der Waals surface area contributed by atoms with Gasteiger partial charge in [-0.3, -0.25) is 4.98 Å².